The molecule has 0 saturated carbocycles. The largest absolute Gasteiger partial charge is 0.283 e. The minimum atomic E-state index is -4.10. The second kappa shape index (κ2) is 5.42. The molecule has 0 saturated heterocycles. The van der Waals surface area contributed by atoms with Gasteiger partial charge in [-0.3, -0.25) is 4.72 Å². The van der Waals surface area contributed by atoms with Gasteiger partial charge in [-0.2, -0.15) is 0 Å². The van der Waals surface area contributed by atoms with E-state index >= 15 is 0 Å². The molecule has 102 valence electrons. The van der Waals surface area contributed by atoms with Gasteiger partial charge in [0, 0.05) is 10.7 Å². The van der Waals surface area contributed by atoms with Crippen LogP contribution in [0.1, 0.15) is 6.92 Å². The number of halogens is 3. The number of rotatable bonds is 4. The van der Waals surface area contributed by atoms with E-state index in [4.69, 9.17) is 33.9 Å². The van der Waals surface area contributed by atoms with E-state index < -0.39 is 24.0 Å². The summed E-state index contributed by atoms with van der Waals surface area (Å²) in [6, 6.07) is 2.24. The molecule has 18 heavy (non-hydrogen) atoms. The Labute approximate surface area is 120 Å². The lowest BCUT2D eigenvalue weighted by molar-refractivity contribution is 0.602. The molecule has 1 aromatic carbocycles. The average Bonchev–Trinajstić information content (AvgIpc) is 2.13. The molecule has 0 amide bonds. The quantitative estimate of drug-likeness (QED) is 0.845. The summed E-state index contributed by atoms with van der Waals surface area (Å²) in [5.74, 6) is -0.141. The molecule has 10 heteroatoms. The number of sulfonamides is 1. The van der Waals surface area contributed by atoms with Gasteiger partial charge in [0.15, 0.2) is 0 Å². The molecule has 0 unspecified atom stereocenters. The lowest BCUT2D eigenvalue weighted by Crippen LogP contribution is -2.14. The first kappa shape index (κ1) is 15.8. The summed E-state index contributed by atoms with van der Waals surface area (Å²) >= 11 is 11.4. The summed E-state index contributed by atoms with van der Waals surface area (Å²) in [6.07, 6.45) is 0. The molecule has 0 aromatic heterocycles. The topological polar surface area (TPSA) is 80.3 Å². The van der Waals surface area contributed by atoms with Crippen LogP contribution in [0.5, 0.6) is 0 Å². The van der Waals surface area contributed by atoms with Crippen molar-refractivity contribution in [2.75, 3.05) is 10.5 Å². The van der Waals surface area contributed by atoms with Gasteiger partial charge >= 0.3 is 0 Å². The minimum absolute atomic E-state index is 0.0657. The molecule has 0 spiro atoms. The summed E-state index contributed by atoms with van der Waals surface area (Å²) in [7, 11) is -2.46. The first-order valence-electron chi connectivity index (χ1n) is 4.51. The fourth-order valence-electron chi connectivity index (χ4n) is 1.10. The van der Waals surface area contributed by atoms with Crippen LogP contribution in [-0.4, -0.2) is 22.6 Å². The van der Waals surface area contributed by atoms with E-state index in [1.54, 1.807) is 0 Å². The van der Waals surface area contributed by atoms with E-state index in [1.807, 2.05) is 0 Å². The predicted molar refractivity (Wildman–Crippen MR) is 72.6 cm³/mol. The highest BCUT2D eigenvalue weighted by Gasteiger charge is 2.21. The Morgan fingerprint density at radius 2 is 1.56 bits per heavy atom. The van der Waals surface area contributed by atoms with Crippen molar-refractivity contribution >= 4 is 58.6 Å². The first-order chi connectivity index (χ1) is 8.07. The van der Waals surface area contributed by atoms with Crippen LogP contribution in [0.2, 0.25) is 10.0 Å². The Kier molecular flexibility index (Phi) is 4.77. The van der Waals surface area contributed by atoms with Gasteiger partial charge in [0.1, 0.15) is 4.90 Å². The Balaban J connectivity index is 3.33. The maximum Gasteiger partial charge on any atom is 0.264 e. The van der Waals surface area contributed by atoms with Crippen molar-refractivity contribution in [1.82, 2.24) is 0 Å². The fraction of sp³-hybridized carbons (Fsp3) is 0.250. The molecule has 0 aliphatic heterocycles. The molecule has 0 atom stereocenters. The summed E-state index contributed by atoms with van der Waals surface area (Å²) < 4.78 is 47.2. The molecule has 5 nitrogen and oxygen atoms in total. The van der Waals surface area contributed by atoms with Gasteiger partial charge in [-0.05, 0) is 19.1 Å². The van der Waals surface area contributed by atoms with Gasteiger partial charge in [0.2, 0.25) is 10.0 Å². The smallest absolute Gasteiger partial charge is 0.264 e. The van der Waals surface area contributed by atoms with Crippen molar-refractivity contribution in [1.29, 1.82) is 0 Å². The van der Waals surface area contributed by atoms with E-state index in [2.05, 4.69) is 4.72 Å². The number of anilines is 1. The molecular formula is C8H8Cl3NO4S2. The Morgan fingerprint density at radius 3 is 1.89 bits per heavy atom. The third kappa shape index (κ3) is 3.89. The average molecular weight is 353 g/mol. The van der Waals surface area contributed by atoms with Crippen LogP contribution in [0.3, 0.4) is 0 Å². The molecule has 1 rings (SSSR count). The lowest BCUT2D eigenvalue weighted by atomic mass is 10.3. The highest BCUT2D eigenvalue weighted by molar-refractivity contribution is 8.14. The van der Waals surface area contributed by atoms with Gasteiger partial charge in [-0.1, -0.05) is 23.2 Å². The SMILES string of the molecule is CCS(=O)(=O)Nc1cc(Cl)c(S(=O)(=O)Cl)c(Cl)c1. The van der Waals surface area contributed by atoms with E-state index in [0.29, 0.717) is 0 Å². The first-order valence-corrected chi connectivity index (χ1v) is 9.23. The number of hydrogen-bond acceptors (Lipinski definition) is 4. The number of nitrogens with one attached hydrogen (secondary N) is 1. The van der Waals surface area contributed by atoms with Gasteiger partial charge in [0.25, 0.3) is 9.05 Å². The summed E-state index contributed by atoms with van der Waals surface area (Å²) in [6.45, 7) is 1.45. The normalized spacial score (nSPS) is 12.4. The van der Waals surface area contributed by atoms with Crippen LogP contribution in [0.4, 0.5) is 5.69 Å². The third-order valence-corrected chi connectivity index (χ3v) is 5.41. The molecule has 0 radical (unpaired) electrons. The van der Waals surface area contributed by atoms with Gasteiger partial charge < -0.3 is 0 Å². The van der Waals surface area contributed by atoms with Gasteiger partial charge in [-0.15, -0.1) is 0 Å². The second-order valence-corrected chi connectivity index (χ2v) is 8.54. The Hall–Kier alpha value is -0.210. The van der Waals surface area contributed by atoms with Gasteiger partial charge in [-0.25, -0.2) is 16.8 Å². The van der Waals surface area contributed by atoms with Crippen molar-refractivity contribution in [2.45, 2.75) is 11.8 Å². The van der Waals surface area contributed by atoms with E-state index in [0.717, 1.165) is 12.1 Å². The zero-order chi connectivity index (χ0) is 14.1. The van der Waals surface area contributed by atoms with Crippen molar-refractivity contribution in [3.8, 4) is 0 Å². The van der Waals surface area contributed by atoms with Crippen molar-refractivity contribution in [3.05, 3.63) is 22.2 Å². The summed E-state index contributed by atoms with van der Waals surface area (Å²) in [5, 5.41) is -0.516. The number of benzene rings is 1. The van der Waals surface area contributed by atoms with Crippen LogP contribution >= 0.6 is 33.9 Å². The molecule has 0 heterocycles. The molecule has 0 fully saturated rings. The zero-order valence-electron chi connectivity index (χ0n) is 8.95. The van der Waals surface area contributed by atoms with E-state index in [-0.39, 0.29) is 21.5 Å². The number of hydrogen-bond donors (Lipinski definition) is 1. The van der Waals surface area contributed by atoms with Crippen LogP contribution in [0, 0.1) is 0 Å². The third-order valence-electron chi connectivity index (χ3n) is 1.90. The molecule has 0 aliphatic carbocycles. The zero-order valence-corrected chi connectivity index (χ0v) is 12.8. The second-order valence-electron chi connectivity index (χ2n) is 3.21. The Bertz CT molecular complexity index is 647. The lowest BCUT2D eigenvalue weighted by Gasteiger charge is -2.09. The van der Waals surface area contributed by atoms with Crippen LogP contribution in [0.25, 0.3) is 0 Å². The standard InChI is InChI=1S/C8H8Cl3NO4S2/c1-2-17(13,14)12-5-3-6(9)8(7(10)4-5)18(11,15)16/h3-4,12H,2H2,1H3. The van der Waals surface area contributed by atoms with E-state index in [1.165, 1.54) is 6.92 Å². The predicted octanol–water partition coefficient (Wildman–Crippen LogP) is 2.68. The highest BCUT2D eigenvalue weighted by atomic mass is 35.7. The molecule has 1 N–H and O–H groups in total. The maximum atomic E-state index is 11.3. The van der Waals surface area contributed by atoms with Crippen LogP contribution in [-0.2, 0) is 19.1 Å². The molecule has 1 aromatic rings. The van der Waals surface area contributed by atoms with Crippen molar-refractivity contribution in [3.63, 3.8) is 0 Å². The summed E-state index contributed by atoms with van der Waals surface area (Å²) in [4.78, 5) is -0.452. The Morgan fingerprint density at radius 1 is 1.11 bits per heavy atom. The summed E-state index contributed by atoms with van der Waals surface area (Å²) in [5.41, 5.74) is 0.0657. The highest BCUT2D eigenvalue weighted by Crippen LogP contribution is 2.35. The minimum Gasteiger partial charge on any atom is -0.283 e. The van der Waals surface area contributed by atoms with Crippen molar-refractivity contribution < 1.29 is 16.8 Å². The molecule has 0 aliphatic rings. The van der Waals surface area contributed by atoms with E-state index in [9.17, 15) is 16.8 Å². The maximum absolute atomic E-state index is 11.3. The molecular weight excluding hydrogens is 345 g/mol. The molecule has 0 bridgehead atoms. The van der Waals surface area contributed by atoms with Gasteiger partial charge in [0.05, 0.1) is 21.5 Å². The van der Waals surface area contributed by atoms with Crippen LogP contribution < -0.4 is 4.72 Å². The van der Waals surface area contributed by atoms with Crippen LogP contribution in [0.15, 0.2) is 17.0 Å². The fourth-order valence-corrected chi connectivity index (χ4v) is 4.14. The van der Waals surface area contributed by atoms with Crippen molar-refractivity contribution in [2.24, 2.45) is 0 Å². The monoisotopic (exact) mass is 351 g/mol.